The molecule has 3 heterocycles. The molecule has 0 unspecified atom stereocenters. The Morgan fingerprint density at radius 1 is 1.06 bits per heavy atom. The lowest BCUT2D eigenvalue weighted by Gasteiger charge is -2.26. The van der Waals surface area contributed by atoms with Gasteiger partial charge in [-0.15, -0.1) is 0 Å². The van der Waals surface area contributed by atoms with Crippen LogP contribution in [0.25, 0.3) is 33.1 Å². The zero-order valence-electron chi connectivity index (χ0n) is 20.1. The van der Waals surface area contributed by atoms with Crippen molar-refractivity contribution in [1.29, 1.82) is 0 Å². The van der Waals surface area contributed by atoms with Gasteiger partial charge in [0.25, 0.3) is 5.91 Å². The van der Waals surface area contributed by atoms with Gasteiger partial charge in [0, 0.05) is 41.5 Å². The first kappa shape index (κ1) is 23.1. The summed E-state index contributed by atoms with van der Waals surface area (Å²) in [7, 11) is 3.21. The number of aromatic amines is 1. The van der Waals surface area contributed by atoms with Gasteiger partial charge in [-0.3, -0.25) is 9.69 Å². The van der Waals surface area contributed by atoms with Crippen molar-refractivity contribution in [2.75, 3.05) is 53.6 Å². The van der Waals surface area contributed by atoms with E-state index in [-0.39, 0.29) is 5.91 Å². The van der Waals surface area contributed by atoms with Crippen LogP contribution >= 0.6 is 0 Å². The molecule has 4 aromatic rings. The first-order chi connectivity index (χ1) is 17.2. The number of carbonyl (C=O) groups excluding carboxylic acids is 1. The van der Waals surface area contributed by atoms with E-state index >= 15 is 0 Å². The van der Waals surface area contributed by atoms with Crippen LogP contribution < -0.4 is 14.8 Å². The maximum Gasteiger partial charge on any atom is 0.269 e. The Balaban J connectivity index is 1.46. The van der Waals surface area contributed by atoms with Gasteiger partial charge in [-0.2, -0.15) is 0 Å². The lowest BCUT2D eigenvalue weighted by atomic mass is 10.1. The van der Waals surface area contributed by atoms with E-state index in [1.54, 1.807) is 14.2 Å². The highest BCUT2D eigenvalue weighted by Crippen LogP contribution is 2.36. The normalized spacial score (nSPS) is 14.3. The van der Waals surface area contributed by atoms with Crippen LogP contribution in [0.2, 0.25) is 0 Å². The highest BCUT2D eigenvalue weighted by molar-refractivity contribution is 6.13. The number of ether oxygens (including phenoxy) is 3. The van der Waals surface area contributed by atoms with Crippen LogP contribution in [0, 0.1) is 0 Å². The summed E-state index contributed by atoms with van der Waals surface area (Å²) in [6, 6.07) is 15.6. The van der Waals surface area contributed by atoms with E-state index in [0.717, 1.165) is 66.6 Å². The predicted molar refractivity (Wildman–Crippen MR) is 136 cm³/mol. The molecule has 1 fully saturated rings. The fourth-order valence-electron chi connectivity index (χ4n) is 4.57. The number of H-pyrrole nitrogens is 1. The third-order valence-electron chi connectivity index (χ3n) is 6.43. The topological polar surface area (TPSA) is 88.7 Å². The fraction of sp³-hybridized carbons (Fsp3) is 0.333. The van der Waals surface area contributed by atoms with Gasteiger partial charge in [0.1, 0.15) is 5.69 Å². The molecule has 0 radical (unpaired) electrons. The Hall–Kier alpha value is -3.62. The number of pyridine rings is 1. The number of rotatable bonds is 8. The number of methoxy groups -OCH3 is 2. The lowest BCUT2D eigenvalue weighted by molar-refractivity contribution is 0.0374. The monoisotopic (exact) mass is 474 g/mol. The van der Waals surface area contributed by atoms with Gasteiger partial charge in [0.05, 0.1) is 38.6 Å². The molecule has 0 spiro atoms. The fourth-order valence-corrected chi connectivity index (χ4v) is 4.57. The molecule has 5 rings (SSSR count). The molecular formula is C27H30N4O4. The molecule has 8 heteroatoms. The summed E-state index contributed by atoms with van der Waals surface area (Å²) in [5.74, 6) is 1.06. The number of aromatic nitrogens is 2. The van der Waals surface area contributed by atoms with Crippen LogP contribution in [-0.4, -0.2) is 74.4 Å². The molecule has 1 aliphatic rings. The zero-order valence-corrected chi connectivity index (χ0v) is 20.1. The molecule has 0 saturated carbocycles. The average Bonchev–Trinajstić information content (AvgIpc) is 3.29. The van der Waals surface area contributed by atoms with Crippen molar-refractivity contribution < 1.29 is 19.0 Å². The molecular weight excluding hydrogens is 444 g/mol. The van der Waals surface area contributed by atoms with Crippen molar-refractivity contribution in [3.63, 3.8) is 0 Å². The van der Waals surface area contributed by atoms with Crippen LogP contribution in [0.5, 0.6) is 11.5 Å². The van der Waals surface area contributed by atoms with Gasteiger partial charge in [0.2, 0.25) is 0 Å². The minimum absolute atomic E-state index is 0.180. The smallest absolute Gasteiger partial charge is 0.269 e. The van der Waals surface area contributed by atoms with Crippen molar-refractivity contribution in [2.24, 2.45) is 0 Å². The number of morpholine rings is 1. The molecule has 0 aliphatic carbocycles. The second-order valence-electron chi connectivity index (χ2n) is 8.58. The Morgan fingerprint density at radius 2 is 1.86 bits per heavy atom. The van der Waals surface area contributed by atoms with Gasteiger partial charge in [-0.1, -0.05) is 18.2 Å². The van der Waals surface area contributed by atoms with E-state index in [1.807, 2.05) is 42.5 Å². The summed E-state index contributed by atoms with van der Waals surface area (Å²) in [5, 5.41) is 5.06. The minimum Gasteiger partial charge on any atom is -0.493 e. The van der Waals surface area contributed by atoms with Crippen molar-refractivity contribution in [1.82, 2.24) is 20.2 Å². The van der Waals surface area contributed by atoms with E-state index in [1.165, 1.54) is 0 Å². The highest BCUT2D eigenvalue weighted by Gasteiger charge is 2.18. The molecule has 8 nitrogen and oxygen atoms in total. The Labute approximate surface area is 204 Å². The van der Waals surface area contributed by atoms with Gasteiger partial charge in [-0.25, -0.2) is 4.98 Å². The van der Waals surface area contributed by atoms with Crippen LogP contribution in [-0.2, 0) is 4.74 Å². The molecule has 1 saturated heterocycles. The van der Waals surface area contributed by atoms with Gasteiger partial charge in [-0.05, 0) is 43.3 Å². The second kappa shape index (κ2) is 10.3. The Morgan fingerprint density at radius 3 is 2.66 bits per heavy atom. The first-order valence-electron chi connectivity index (χ1n) is 11.9. The molecule has 2 aromatic heterocycles. The lowest BCUT2D eigenvalue weighted by Crippen LogP contribution is -2.38. The molecule has 182 valence electrons. The summed E-state index contributed by atoms with van der Waals surface area (Å²) in [6.45, 7) is 4.98. The third kappa shape index (κ3) is 4.80. The number of nitrogens with one attached hydrogen (secondary N) is 2. The van der Waals surface area contributed by atoms with Crippen LogP contribution in [0.1, 0.15) is 16.9 Å². The van der Waals surface area contributed by atoms with Crippen molar-refractivity contribution in [3.8, 4) is 22.8 Å². The molecule has 2 N–H and O–H groups in total. The highest BCUT2D eigenvalue weighted by atomic mass is 16.5. The van der Waals surface area contributed by atoms with E-state index < -0.39 is 0 Å². The van der Waals surface area contributed by atoms with E-state index in [2.05, 4.69) is 21.3 Å². The van der Waals surface area contributed by atoms with Crippen molar-refractivity contribution in [2.45, 2.75) is 6.42 Å². The zero-order chi connectivity index (χ0) is 24.2. The summed E-state index contributed by atoms with van der Waals surface area (Å²) < 4.78 is 16.3. The maximum atomic E-state index is 13.1. The number of fused-ring (bicyclic) bond motifs is 3. The maximum absolute atomic E-state index is 13.1. The van der Waals surface area contributed by atoms with Gasteiger partial charge in [0.15, 0.2) is 11.5 Å². The molecule has 2 aromatic carbocycles. The number of nitrogens with zero attached hydrogens (tertiary/aromatic N) is 2. The average molecular weight is 475 g/mol. The molecule has 1 aliphatic heterocycles. The number of carbonyl (C=O) groups is 1. The van der Waals surface area contributed by atoms with E-state index in [9.17, 15) is 4.79 Å². The number of hydrogen-bond acceptors (Lipinski definition) is 6. The Kier molecular flexibility index (Phi) is 6.83. The van der Waals surface area contributed by atoms with Crippen LogP contribution in [0.3, 0.4) is 0 Å². The standard InChI is InChI=1S/C27H30N4O4/c1-33-23-9-8-18(16-24(23)34-2)25-26-20(19-6-3-4-7-21(19)29-26)17-22(30-25)27(32)28-10-5-11-31-12-14-35-15-13-31/h3-4,6-9,16-17,29H,5,10-15H2,1-2H3,(H,28,32). The van der Waals surface area contributed by atoms with E-state index in [4.69, 9.17) is 19.2 Å². The Bertz CT molecular complexity index is 1340. The van der Waals surface area contributed by atoms with Crippen molar-refractivity contribution >= 4 is 27.7 Å². The van der Waals surface area contributed by atoms with Crippen LogP contribution in [0.15, 0.2) is 48.5 Å². The summed E-state index contributed by atoms with van der Waals surface area (Å²) in [5.41, 5.74) is 3.79. The molecule has 0 bridgehead atoms. The van der Waals surface area contributed by atoms with Crippen molar-refractivity contribution in [3.05, 3.63) is 54.2 Å². The number of hydrogen-bond donors (Lipinski definition) is 2. The first-order valence-corrected chi connectivity index (χ1v) is 11.9. The predicted octanol–water partition coefficient (Wildman–Crippen LogP) is 3.85. The minimum atomic E-state index is -0.180. The summed E-state index contributed by atoms with van der Waals surface area (Å²) in [6.07, 6.45) is 0.879. The van der Waals surface area contributed by atoms with Crippen LogP contribution in [0.4, 0.5) is 0 Å². The second-order valence-corrected chi connectivity index (χ2v) is 8.58. The summed E-state index contributed by atoms with van der Waals surface area (Å²) >= 11 is 0. The SMILES string of the molecule is COc1ccc(-c2nc(C(=O)NCCCN3CCOCC3)cc3c2[nH]c2ccccc23)cc1OC. The molecule has 35 heavy (non-hydrogen) atoms. The largest absolute Gasteiger partial charge is 0.493 e. The molecule has 0 atom stereocenters. The van der Waals surface area contributed by atoms with E-state index in [0.29, 0.717) is 29.4 Å². The number of amides is 1. The molecule has 1 amide bonds. The van der Waals surface area contributed by atoms with Gasteiger partial charge < -0.3 is 24.5 Å². The quantitative estimate of drug-likeness (QED) is 0.377. The third-order valence-corrected chi connectivity index (χ3v) is 6.43. The van der Waals surface area contributed by atoms with Gasteiger partial charge >= 0.3 is 0 Å². The number of para-hydroxylation sites is 1. The summed E-state index contributed by atoms with van der Waals surface area (Å²) in [4.78, 5) is 23.8. The number of benzene rings is 2.